The van der Waals surface area contributed by atoms with Gasteiger partial charge in [-0.05, 0) is 67.9 Å². The van der Waals surface area contributed by atoms with Gasteiger partial charge in [0.15, 0.2) is 5.13 Å². The second-order valence-corrected chi connectivity index (χ2v) is 12.6. The number of nitrogens with one attached hydrogen (secondary N) is 2. The van der Waals surface area contributed by atoms with E-state index in [1.807, 2.05) is 50.4 Å². The van der Waals surface area contributed by atoms with E-state index < -0.39 is 11.0 Å². The zero-order valence-electron chi connectivity index (χ0n) is 19.6. The second-order valence-electron chi connectivity index (χ2n) is 11.7. The molecule has 1 heterocycles. The van der Waals surface area contributed by atoms with E-state index in [0.29, 0.717) is 23.4 Å². The van der Waals surface area contributed by atoms with E-state index in [2.05, 4.69) is 15.6 Å². The van der Waals surface area contributed by atoms with E-state index in [4.69, 9.17) is 0 Å². The molecule has 4 saturated carbocycles. The van der Waals surface area contributed by atoms with Crippen LogP contribution in [0.3, 0.4) is 0 Å². The maximum Gasteiger partial charge on any atom is 0.229 e. The van der Waals surface area contributed by atoms with Crippen molar-refractivity contribution >= 4 is 34.0 Å². The van der Waals surface area contributed by atoms with Crippen molar-refractivity contribution in [2.75, 3.05) is 10.6 Å². The largest absolute Gasteiger partial charge is 0.390 e. The molecular formula is C26H33N3O3S. The lowest BCUT2D eigenvalue weighted by molar-refractivity contribution is -0.167. The fraction of sp³-hybridized carbons (Fsp3) is 0.577. The fourth-order valence-corrected chi connectivity index (χ4v) is 7.36. The highest BCUT2D eigenvalue weighted by Gasteiger charge is 2.57. The average Bonchev–Trinajstić information content (AvgIpc) is 3.13. The predicted octanol–water partition coefficient (Wildman–Crippen LogP) is 5.45. The van der Waals surface area contributed by atoms with Crippen LogP contribution in [0.2, 0.25) is 0 Å². The minimum absolute atomic E-state index is 0.00157. The fourth-order valence-electron chi connectivity index (χ4n) is 6.62. The lowest BCUT2D eigenvalue weighted by atomic mass is 9.47. The van der Waals surface area contributed by atoms with Crippen LogP contribution in [0.4, 0.5) is 10.8 Å². The maximum atomic E-state index is 12.9. The highest BCUT2D eigenvalue weighted by atomic mass is 32.1. The molecule has 1 aromatic carbocycles. The van der Waals surface area contributed by atoms with Gasteiger partial charge in [-0.3, -0.25) is 9.59 Å². The number of benzene rings is 1. The molecule has 2 aromatic rings. The first-order valence-electron chi connectivity index (χ1n) is 11.9. The molecule has 7 heteroatoms. The number of hydrogen-bond acceptors (Lipinski definition) is 5. The monoisotopic (exact) mass is 467 g/mol. The van der Waals surface area contributed by atoms with Crippen molar-refractivity contribution in [3.05, 3.63) is 29.6 Å². The number of nitrogens with zero attached hydrogens (tertiary/aromatic N) is 1. The number of carbonyl (C=O) groups excluding carboxylic acids is 2. The number of rotatable bonds is 5. The molecule has 2 atom stereocenters. The summed E-state index contributed by atoms with van der Waals surface area (Å²) in [5.41, 5.74) is 1.44. The maximum absolute atomic E-state index is 12.9. The van der Waals surface area contributed by atoms with E-state index >= 15 is 0 Å². The van der Waals surface area contributed by atoms with Crippen molar-refractivity contribution in [2.45, 2.75) is 71.3 Å². The van der Waals surface area contributed by atoms with Gasteiger partial charge in [-0.25, -0.2) is 4.98 Å². The second kappa shape index (κ2) is 7.91. The molecule has 4 aliphatic carbocycles. The van der Waals surface area contributed by atoms with E-state index in [-0.39, 0.29) is 17.2 Å². The van der Waals surface area contributed by atoms with Crippen molar-refractivity contribution in [3.8, 4) is 11.3 Å². The van der Waals surface area contributed by atoms with Crippen LogP contribution >= 0.6 is 11.3 Å². The summed E-state index contributed by atoms with van der Waals surface area (Å²) in [6, 6.07) is 7.59. The molecule has 2 unspecified atom stereocenters. The minimum Gasteiger partial charge on any atom is -0.390 e. The zero-order valence-corrected chi connectivity index (χ0v) is 20.4. The average molecular weight is 468 g/mol. The van der Waals surface area contributed by atoms with Gasteiger partial charge in [0.2, 0.25) is 11.8 Å². The van der Waals surface area contributed by atoms with Crippen LogP contribution in [0.5, 0.6) is 0 Å². The molecule has 0 saturated heterocycles. The van der Waals surface area contributed by atoms with E-state index in [1.54, 1.807) is 0 Å². The van der Waals surface area contributed by atoms with Crippen LogP contribution in [0.15, 0.2) is 29.6 Å². The molecular weight excluding hydrogens is 434 g/mol. The summed E-state index contributed by atoms with van der Waals surface area (Å²) in [4.78, 5) is 29.7. The highest BCUT2D eigenvalue weighted by molar-refractivity contribution is 7.14. The SMILES string of the molecule is CC(C)(C)C(=O)Nc1ccc(-c2csc(NC(=O)CC34CC5CC(CC(O)(C5)C3)C4)n2)cc1. The van der Waals surface area contributed by atoms with Gasteiger partial charge in [-0.15, -0.1) is 11.3 Å². The Kier molecular flexibility index (Phi) is 5.40. The molecule has 6 rings (SSSR count). The summed E-state index contributed by atoms with van der Waals surface area (Å²) in [7, 11) is 0. The summed E-state index contributed by atoms with van der Waals surface area (Å²) >= 11 is 1.42. The lowest BCUT2D eigenvalue weighted by Gasteiger charge is -2.60. The Hall–Kier alpha value is -2.25. The Morgan fingerprint density at radius 1 is 1.09 bits per heavy atom. The molecule has 0 radical (unpaired) electrons. The topological polar surface area (TPSA) is 91.3 Å². The van der Waals surface area contributed by atoms with Gasteiger partial charge in [0.05, 0.1) is 11.3 Å². The van der Waals surface area contributed by atoms with Crippen molar-refractivity contribution in [3.63, 3.8) is 0 Å². The molecule has 176 valence electrons. The smallest absolute Gasteiger partial charge is 0.229 e. The molecule has 3 N–H and O–H groups in total. The lowest BCUT2D eigenvalue weighted by Crippen LogP contribution is -2.56. The third-order valence-electron chi connectivity index (χ3n) is 7.56. The Labute approximate surface area is 199 Å². The number of hydrogen-bond donors (Lipinski definition) is 3. The molecule has 0 aliphatic heterocycles. The molecule has 4 bridgehead atoms. The third kappa shape index (κ3) is 4.71. The van der Waals surface area contributed by atoms with Crippen molar-refractivity contribution in [2.24, 2.45) is 22.7 Å². The minimum atomic E-state index is -0.544. The molecule has 4 fully saturated rings. The number of aromatic nitrogens is 1. The first-order valence-corrected chi connectivity index (χ1v) is 12.8. The van der Waals surface area contributed by atoms with Crippen LogP contribution in [-0.4, -0.2) is 27.5 Å². The van der Waals surface area contributed by atoms with Crippen LogP contribution in [0.1, 0.15) is 65.7 Å². The first kappa shape index (κ1) is 22.5. The Morgan fingerprint density at radius 3 is 2.36 bits per heavy atom. The summed E-state index contributed by atoms with van der Waals surface area (Å²) in [6.07, 6.45) is 6.44. The van der Waals surface area contributed by atoms with E-state index in [0.717, 1.165) is 49.0 Å². The van der Waals surface area contributed by atoms with E-state index in [9.17, 15) is 14.7 Å². The van der Waals surface area contributed by atoms with Crippen LogP contribution in [-0.2, 0) is 9.59 Å². The van der Waals surface area contributed by atoms with Crippen LogP contribution in [0.25, 0.3) is 11.3 Å². The highest BCUT2D eigenvalue weighted by Crippen LogP contribution is 2.62. The predicted molar refractivity (Wildman–Crippen MR) is 131 cm³/mol. The normalized spacial score (nSPS) is 30.3. The zero-order chi connectivity index (χ0) is 23.4. The van der Waals surface area contributed by atoms with Gasteiger partial charge in [0.1, 0.15) is 0 Å². The molecule has 2 amide bonds. The summed E-state index contributed by atoms with van der Waals surface area (Å²) in [5.74, 6) is 1.13. The van der Waals surface area contributed by atoms with Crippen molar-refractivity contribution in [1.29, 1.82) is 0 Å². The van der Waals surface area contributed by atoms with Gasteiger partial charge >= 0.3 is 0 Å². The van der Waals surface area contributed by atoms with Crippen molar-refractivity contribution < 1.29 is 14.7 Å². The van der Waals surface area contributed by atoms with Gasteiger partial charge in [-0.1, -0.05) is 32.9 Å². The Balaban J connectivity index is 1.21. The molecule has 0 spiro atoms. The molecule has 1 aromatic heterocycles. The van der Waals surface area contributed by atoms with E-state index in [1.165, 1.54) is 17.8 Å². The number of carbonyl (C=O) groups is 2. The molecule has 6 nitrogen and oxygen atoms in total. The van der Waals surface area contributed by atoms with Crippen molar-refractivity contribution in [1.82, 2.24) is 4.98 Å². The van der Waals surface area contributed by atoms with Gasteiger partial charge in [0.25, 0.3) is 0 Å². The van der Waals surface area contributed by atoms with Gasteiger partial charge in [-0.2, -0.15) is 0 Å². The third-order valence-corrected chi connectivity index (χ3v) is 8.31. The number of thiazole rings is 1. The Bertz CT molecular complexity index is 1060. The summed E-state index contributed by atoms with van der Waals surface area (Å²) < 4.78 is 0. The molecule has 4 aliphatic rings. The Morgan fingerprint density at radius 2 is 1.76 bits per heavy atom. The van der Waals surface area contributed by atoms with Crippen LogP contribution in [0, 0.1) is 22.7 Å². The molecule has 33 heavy (non-hydrogen) atoms. The van der Waals surface area contributed by atoms with Gasteiger partial charge < -0.3 is 15.7 Å². The number of anilines is 2. The summed E-state index contributed by atoms with van der Waals surface area (Å²) in [6.45, 7) is 5.65. The van der Waals surface area contributed by atoms with Gasteiger partial charge in [0, 0.05) is 28.5 Å². The first-order chi connectivity index (χ1) is 15.5. The number of aliphatic hydroxyl groups is 1. The number of amides is 2. The summed E-state index contributed by atoms with van der Waals surface area (Å²) in [5, 5.41) is 19.4. The van der Waals surface area contributed by atoms with Crippen LogP contribution < -0.4 is 10.6 Å². The quantitative estimate of drug-likeness (QED) is 0.545. The standard InChI is InChI=1S/C26H33N3O3S/c1-24(2,3)22(31)27-19-6-4-18(5-7-19)20-14-33-23(28-20)29-21(30)13-25-9-16-8-17(10-25)12-26(32,11-16)15-25/h4-7,14,16-17,32H,8-13,15H2,1-3H3,(H,27,31)(H,28,29,30).